The summed E-state index contributed by atoms with van der Waals surface area (Å²) in [7, 11) is -4.28. The summed E-state index contributed by atoms with van der Waals surface area (Å²) in [5.41, 5.74) is 0. The summed E-state index contributed by atoms with van der Waals surface area (Å²) in [4.78, 5) is -2.03. The summed E-state index contributed by atoms with van der Waals surface area (Å²) in [5, 5.41) is 10.4. The van der Waals surface area contributed by atoms with E-state index in [4.69, 9.17) is 4.55 Å². The molecule has 0 aliphatic heterocycles. The zero-order chi connectivity index (χ0) is 6.41. The lowest BCUT2D eigenvalue weighted by molar-refractivity contribution is 0.125. The Kier molecular flexibility index (Phi) is 0.922. The third-order valence-electron chi connectivity index (χ3n) is 1.13. The van der Waals surface area contributed by atoms with Crippen LogP contribution in [0.5, 0.6) is 0 Å². The Morgan fingerprint density at radius 2 is 1.75 bits per heavy atom. The van der Waals surface area contributed by atoms with Crippen molar-refractivity contribution in [3.8, 4) is 0 Å². The first-order chi connectivity index (χ1) is 3.46. The first-order valence-corrected chi connectivity index (χ1v) is 3.57. The molecule has 0 aromatic heterocycles. The highest BCUT2D eigenvalue weighted by atomic mass is 32.2. The maximum absolute atomic E-state index is 10.4. The maximum atomic E-state index is 10.4. The van der Waals surface area contributed by atoms with Crippen molar-refractivity contribution in [2.45, 2.75) is 17.8 Å². The van der Waals surface area contributed by atoms with E-state index in [0.29, 0.717) is 0 Å². The summed E-state index contributed by atoms with van der Waals surface area (Å²) in [6.07, 6.45) is 0.0949. The highest BCUT2D eigenvalue weighted by Crippen LogP contribution is 2.40. The van der Waals surface area contributed by atoms with E-state index in [0.717, 1.165) is 0 Å². The van der Waals surface area contributed by atoms with Crippen LogP contribution in [0.1, 0.15) is 12.8 Å². The molecule has 0 aromatic carbocycles. The highest BCUT2D eigenvalue weighted by Gasteiger charge is 2.55. The number of hydrogen-bond acceptors (Lipinski definition) is 2. The van der Waals surface area contributed by atoms with Gasteiger partial charge in [-0.05, 0) is 0 Å². The molecule has 1 radical (unpaired) electrons. The van der Waals surface area contributed by atoms with Crippen molar-refractivity contribution in [2.75, 3.05) is 0 Å². The van der Waals surface area contributed by atoms with Gasteiger partial charge in [0.2, 0.25) is 4.93 Å². The van der Waals surface area contributed by atoms with Gasteiger partial charge in [-0.25, -0.2) is 5.11 Å². The van der Waals surface area contributed by atoms with Gasteiger partial charge in [0.05, 0.1) is 0 Å². The fraction of sp³-hybridized carbons (Fsp3) is 1.00. The molecule has 0 bridgehead atoms. The summed E-state index contributed by atoms with van der Waals surface area (Å²) < 4.78 is 28.0. The van der Waals surface area contributed by atoms with Gasteiger partial charge in [0.25, 0.3) is 10.1 Å². The first-order valence-electron chi connectivity index (χ1n) is 2.13. The van der Waals surface area contributed by atoms with Gasteiger partial charge in [0.1, 0.15) is 0 Å². The third kappa shape index (κ3) is 0.724. The van der Waals surface area contributed by atoms with E-state index in [1.165, 1.54) is 0 Å². The van der Waals surface area contributed by atoms with Crippen LogP contribution in [0.3, 0.4) is 0 Å². The van der Waals surface area contributed by atoms with Gasteiger partial charge in [-0.2, -0.15) is 8.42 Å². The minimum atomic E-state index is -4.28. The average Bonchev–Trinajstić information content (AvgIpc) is 2.16. The zero-order valence-corrected chi connectivity index (χ0v) is 4.81. The van der Waals surface area contributed by atoms with Gasteiger partial charge in [0.15, 0.2) is 0 Å². The van der Waals surface area contributed by atoms with Crippen LogP contribution >= 0.6 is 0 Å². The van der Waals surface area contributed by atoms with Crippen molar-refractivity contribution in [3.63, 3.8) is 0 Å². The topological polar surface area (TPSA) is 74.3 Å². The standard InChI is InChI=1S/C3H5O4S/c4-3(1-2-3)8(5,6)7/h1-2H2,(H,5,6,7). The van der Waals surface area contributed by atoms with Gasteiger partial charge in [-0.1, -0.05) is 0 Å². The van der Waals surface area contributed by atoms with E-state index < -0.39 is 15.1 Å². The zero-order valence-electron chi connectivity index (χ0n) is 3.99. The number of hydrogen-bond donors (Lipinski definition) is 1. The van der Waals surface area contributed by atoms with E-state index in [2.05, 4.69) is 0 Å². The predicted molar refractivity (Wildman–Crippen MR) is 24.2 cm³/mol. The first kappa shape index (κ1) is 6.00. The average molecular weight is 137 g/mol. The summed E-state index contributed by atoms with van der Waals surface area (Å²) >= 11 is 0. The molecule has 0 spiro atoms. The second-order valence-corrected chi connectivity index (χ2v) is 3.58. The Morgan fingerprint density at radius 1 is 1.38 bits per heavy atom. The second kappa shape index (κ2) is 1.23. The van der Waals surface area contributed by atoms with Crippen molar-refractivity contribution in [3.05, 3.63) is 0 Å². The maximum Gasteiger partial charge on any atom is 0.298 e. The Hall–Kier alpha value is -0.130. The Bertz CT molecular complexity index is 187. The van der Waals surface area contributed by atoms with Crippen molar-refractivity contribution in [1.29, 1.82) is 0 Å². The lowest BCUT2D eigenvalue weighted by atomic mass is 10.8. The van der Waals surface area contributed by atoms with Crippen LogP contribution in [-0.4, -0.2) is 17.9 Å². The van der Waals surface area contributed by atoms with Crippen LogP contribution in [0.4, 0.5) is 0 Å². The molecule has 1 N–H and O–H groups in total. The molecule has 5 heteroatoms. The predicted octanol–water partition coefficient (Wildman–Crippen LogP) is -0.205. The smallest absolute Gasteiger partial charge is 0.283 e. The Morgan fingerprint density at radius 3 is 1.75 bits per heavy atom. The van der Waals surface area contributed by atoms with Crippen LogP contribution in [0.25, 0.3) is 0 Å². The molecule has 8 heavy (non-hydrogen) atoms. The lowest BCUT2D eigenvalue weighted by Gasteiger charge is -1.95. The largest absolute Gasteiger partial charge is 0.298 e. The van der Waals surface area contributed by atoms with Crippen LogP contribution in [0.2, 0.25) is 0 Å². The molecule has 0 aromatic rings. The summed E-state index contributed by atoms with van der Waals surface area (Å²) in [5.74, 6) is 0. The second-order valence-electron chi connectivity index (χ2n) is 1.89. The molecule has 1 aliphatic carbocycles. The fourth-order valence-corrected chi connectivity index (χ4v) is 0.978. The van der Waals surface area contributed by atoms with E-state index in [1.807, 2.05) is 0 Å². The van der Waals surface area contributed by atoms with E-state index in [-0.39, 0.29) is 12.8 Å². The van der Waals surface area contributed by atoms with Gasteiger partial charge >= 0.3 is 0 Å². The van der Waals surface area contributed by atoms with E-state index in [1.54, 1.807) is 0 Å². The van der Waals surface area contributed by atoms with Gasteiger partial charge in [-0.15, -0.1) is 0 Å². The summed E-state index contributed by atoms with van der Waals surface area (Å²) in [6.45, 7) is 0. The quantitative estimate of drug-likeness (QED) is 0.508. The molecule has 0 heterocycles. The van der Waals surface area contributed by atoms with E-state index in [9.17, 15) is 13.5 Å². The van der Waals surface area contributed by atoms with Gasteiger partial charge < -0.3 is 0 Å². The van der Waals surface area contributed by atoms with Crippen LogP contribution in [0.15, 0.2) is 0 Å². The van der Waals surface area contributed by atoms with Crippen molar-refractivity contribution in [2.24, 2.45) is 0 Å². The molecule has 0 unspecified atom stereocenters. The summed E-state index contributed by atoms with van der Waals surface area (Å²) in [6, 6.07) is 0. The monoisotopic (exact) mass is 137 g/mol. The molecule has 0 amide bonds. The van der Waals surface area contributed by atoms with E-state index >= 15 is 0 Å². The molecule has 0 saturated heterocycles. The number of rotatable bonds is 1. The minimum absolute atomic E-state index is 0.0475. The molecule has 1 rings (SSSR count). The molecule has 4 nitrogen and oxygen atoms in total. The van der Waals surface area contributed by atoms with Crippen LogP contribution in [0, 0.1) is 0 Å². The fourth-order valence-electron chi connectivity index (χ4n) is 0.360. The third-order valence-corrected chi connectivity index (χ3v) is 2.48. The molecule has 47 valence electrons. The Balaban J connectivity index is 2.90. The van der Waals surface area contributed by atoms with Crippen LogP contribution in [-0.2, 0) is 15.2 Å². The molecule has 1 fully saturated rings. The molecule has 0 atom stereocenters. The molecule has 1 saturated carbocycles. The SMILES string of the molecule is [O]C1(S(=O)(=O)O)CC1. The van der Waals surface area contributed by atoms with Crippen molar-refractivity contribution >= 4 is 10.1 Å². The van der Waals surface area contributed by atoms with Crippen LogP contribution < -0.4 is 0 Å². The molecular formula is C3H5O4S. The van der Waals surface area contributed by atoms with Crippen molar-refractivity contribution in [1.82, 2.24) is 0 Å². The van der Waals surface area contributed by atoms with Gasteiger partial charge in [0, 0.05) is 12.8 Å². The molecule has 1 aliphatic rings. The molecular weight excluding hydrogens is 132 g/mol. The minimum Gasteiger partial charge on any atom is -0.283 e. The van der Waals surface area contributed by atoms with Crippen molar-refractivity contribution < 1.29 is 18.1 Å². The van der Waals surface area contributed by atoms with Gasteiger partial charge in [-0.3, -0.25) is 4.55 Å². The lowest BCUT2D eigenvalue weighted by Crippen LogP contribution is -2.18. The normalized spacial score (nSPS) is 25.2. The highest BCUT2D eigenvalue weighted by molar-refractivity contribution is 7.87. The Labute approximate surface area is 46.9 Å².